The molecule has 0 fully saturated rings. The third-order valence-electron chi connectivity index (χ3n) is 2.29. The summed E-state index contributed by atoms with van der Waals surface area (Å²) in [6, 6.07) is 0. The molecule has 1 aliphatic rings. The molecule has 0 atom stereocenters. The van der Waals surface area contributed by atoms with Crippen LogP contribution in [0.15, 0.2) is 24.3 Å². The Balaban J connectivity index is 1.98. The summed E-state index contributed by atoms with van der Waals surface area (Å²) in [5.41, 5.74) is 1.70. The van der Waals surface area contributed by atoms with Gasteiger partial charge in [-0.2, -0.15) is 0 Å². The average Bonchev–Trinajstić information content (AvgIpc) is 2.50. The van der Waals surface area contributed by atoms with Crippen molar-refractivity contribution in [2.24, 2.45) is 0 Å². The molecular weight excluding hydrogens is 132 g/mol. The first-order chi connectivity index (χ1) is 5.43. The second-order valence-electron chi connectivity index (χ2n) is 3.29. The molecule has 0 spiro atoms. The van der Waals surface area contributed by atoms with Gasteiger partial charge in [-0.3, -0.25) is 0 Å². The molecule has 0 nitrogen and oxygen atoms in total. The highest BCUT2D eigenvalue weighted by atomic mass is 14.1. The lowest BCUT2D eigenvalue weighted by Crippen LogP contribution is -1.79. The van der Waals surface area contributed by atoms with Crippen molar-refractivity contribution in [2.45, 2.75) is 44.9 Å². The Hall–Kier alpha value is -0.520. The van der Waals surface area contributed by atoms with E-state index in [1.165, 1.54) is 44.9 Å². The summed E-state index contributed by atoms with van der Waals surface area (Å²) in [6.45, 7) is 3.72. The van der Waals surface area contributed by atoms with Gasteiger partial charge in [-0.1, -0.05) is 17.7 Å². The maximum atomic E-state index is 3.72. The minimum atomic E-state index is 1.19. The van der Waals surface area contributed by atoms with Crippen LogP contribution in [-0.2, 0) is 0 Å². The van der Waals surface area contributed by atoms with Crippen molar-refractivity contribution in [2.75, 3.05) is 0 Å². The highest BCUT2D eigenvalue weighted by molar-refractivity contribution is 5.06. The third-order valence-corrected chi connectivity index (χ3v) is 2.29. The van der Waals surface area contributed by atoms with Gasteiger partial charge in [0.1, 0.15) is 0 Å². The summed E-state index contributed by atoms with van der Waals surface area (Å²) in [5, 5.41) is 0. The standard InChI is InChI=1S/C11H18/c1-2-3-4-5-8-11-9-6-7-10-11/h2,9H,1,3-8,10H2. The molecule has 1 rings (SSSR count). The molecule has 0 heteroatoms. The van der Waals surface area contributed by atoms with Gasteiger partial charge < -0.3 is 0 Å². The van der Waals surface area contributed by atoms with E-state index in [4.69, 9.17) is 0 Å². The Kier molecular flexibility index (Phi) is 4.03. The lowest BCUT2D eigenvalue weighted by molar-refractivity contribution is 0.725. The molecule has 0 unspecified atom stereocenters. The van der Waals surface area contributed by atoms with Crippen molar-refractivity contribution >= 4 is 0 Å². The zero-order valence-corrected chi connectivity index (χ0v) is 7.31. The van der Waals surface area contributed by atoms with Crippen molar-refractivity contribution in [3.63, 3.8) is 0 Å². The van der Waals surface area contributed by atoms with Crippen LogP contribution in [0.2, 0.25) is 0 Å². The van der Waals surface area contributed by atoms with Gasteiger partial charge in [-0.25, -0.2) is 0 Å². The van der Waals surface area contributed by atoms with E-state index in [0.29, 0.717) is 0 Å². The zero-order chi connectivity index (χ0) is 7.94. The molecule has 0 bridgehead atoms. The Morgan fingerprint density at radius 1 is 1.45 bits per heavy atom. The van der Waals surface area contributed by atoms with Gasteiger partial charge in [0.15, 0.2) is 0 Å². The lowest BCUT2D eigenvalue weighted by Gasteiger charge is -1.99. The highest BCUT2D eigenvalue weighted by Gasteiger charge is 2.02. The molecular formula is C11H18. The van der Waals surface area contributed by atoms with Crippen LogP contribution >= 0.6 is 0 Å². The van der Waals surface area contributed by atoms with Crippen LogP contribution in [0.1, 0.15) is 44.9 Å². The summed E-state index contributed by atoms with van der Waals surface area (Å²) in [4.78, 5) is 0. The van der Waals surface area contributed by atoms with E-state index >= 15 is 0 Å². The van der Waals surface area contributed by atoms with E-state index in [1.54, 1.807) is 5.57 Å². The largest absolute Gasteiger partial charge is 0.103 e. The Bertz CT molecular complexity index is 142. The van der Waals surface area contributed by atoms with Crippen LogP contribution in [0.5, 0.6) is 0 Å². The smallest absolute Gasteiger partial charge is 0.0317 e. The number of hydrogen-bond donors (Lipinski definition) is 0. The topological polar surface area (TPSA) is 0 Å². The first-order valence-electron chi connectivity index (χ1n) is 4.72. The molecule has 0 N–H and O–H groups in total. The van der Waals surface area contributed by atoms with Crippen molar-refractivity contribution in [3.05, 3.63) is 24.3 Å². The van der Waals surface area contributed by atoms with Crippen LogP contribution in [0.3, 0.4) is 0 Å². The van der Waals surface area contributed by atoms with Crippen LogP contribution in [0.4, 0.5) is 0 Å². The van der Waals surface area contributed by atoms with Gasteiger partial charge in [0.05, 0.1) is 0 Å². The van der Waals surface area contributed by atoms with Crippen molar-refractivity contribution in [1.29, 1.82) is 0 Å². The van der Waals surface area contributed by atoms with Gasteiger partial charge in [0.2, 0.25) is 0 Å². The van der Waals surface area contributed by atoms with Crippen LogP contribution in [0.25, 0.3) is 0 Å². The monoisotopic (exact) mass is 150 g/mol. The molecule has 0 amide bonds. The summed E-state index contributed by atoms with van der Waals surface area (Å²) < 4.78 is 0. The predicted octanol–water partition coefficient (Wildman–Crippen LogP) is 3.84. The zero-order valence-electron chi connectivity index (χ0n) is 7.31. The minimum Gasteiger partial charge on any atom is -0.103 e. The van der Waals surface area contributed by atoms with Crippen molar-refractivity contribution in [3.8, 4) is 0 Å². The fourth-order valence-corrected chi connectivity index (χ4v) is 1.61. The maximum Gasteiger partial charge on any atom is -0.0317 e. The molecule has 0 heterocycles. The Labute approximate surface area is 70.0 Å². The van der Waals surface area contributed by atoms with E-state index in [2.05, 4.69) is 12.7 Å². The van der Waals surface area contributed by atoms with Gasteiger partial charge in [-0.15, -0.1) is 6.58 Å². The summed E-state index contributed by atoms with van der Waals surface area (Å²) in [5.74, 6) is 0. The summed E-state index contributed by atoms with van der Waals surface area (Å²) in [7, 11) is 0. The predicted molar refractivity (Wildman–Crippen MR) is 50.6 cm³/mol. The van der Waals surface area contributed by atoms with Crippen LogP contribution in [-0.4, -0.2) is 0 Å². The number of allylic oxidation sites excluding steroid dienone is 3. The maximum absolute atomic E-state index is 3.72. The average molecular weight is 150 g/mol. The van der Waals surface area contributed by atoms with E-state index in [1.807, 2.05) is 6.08 Å². The molecule has 11 heavy (non-hydrogen) atoms. The molecule has 0 aliphatic heterocycles. The summed E-state index contributed by atoms with van der Waals surface area (Å²) in [6.07, 6.45) is 13.7. The highest BCUT2D eigenvalue weighted by Crippen LogP contribution is 2.22. The summed E-state index contributed by atoms with van der Waals surface area (Å²) >= 11 is 0. The fourth-order valence-electron chi connectivity index (χ4n) is 1.61. The Morgan fingerprint density at radius 2 is 2.36 bits per heavy atom. The molecule has 0 saturated carbocycles. The van der Waals surface area contributed by atoms with Crippen LogP contribution < -0.4 is 0 Å². The molecule has 0 radical (unpaired) electrons. The van der Waals surface area contributed by atoms with E-state index in [-0.39, 0.29) is 0 Å². The fraction of sp³-hybridized carbons (Fsp3) is 0.636. The van der Waals surface area contributed by atoms with E-state index < -0.39 is 0 Å². The Morgan fingerprint density at radius 3 is 3.00 bits per heavy atom. The van der Waals surface area contributed by atoms with Crippen LogP contribution in [0, 0.1) is 0 Å². The molecule has 0 aromatic heterocycles. The molecule has 62 valence electrons. The van der Waals surface area contributed by atoms with Gasteiger partial charge in [-0.05, 0) is 44.9 Å². The second kappa shape index (κ2) is 5.17. The number of hydrogen-bond acceptors (Lipinski definition) is 0. The van der Waals surface area contributed by atoms with E-state index in [0.717, 1.165) is 0 Å². The third kappa shape index (κ3) is 3.41. The first-order valence-corrected chi connectivity index (χ1v) is 4.72. The number of unbranched alkanes of at least 4 members (excludes halogenated alkanes) is 2. The van der Waals surface area contributed by atoms with Gasteiger partial charge in [0.25, 0.3) is 0 Å². The van der Waals surface area contributed by atoms with Gasteiger partial charge >= 0.3 is 0 Å². The molecule has 0 saturated heterocycles. The molecule has 0 aromatic carbocycles. The van der Waals surface area contributed by atoms with E-state index in [9.17, 15) is 0 Å². The minimum absolute atomic E-state index is 1.19. The van der Waals surface area contributed by atoms with Crippen molar-refractivity contribution in [1.82, 2.24) is 0 Å². The molecule has 0 aromatic rings. The second-order valence-corrected chi connectivity index (χ2v) is 3.29. The lowest BCUT2D eigenvalue weighted by atomic mass is 10.1. The quantitative estimate of drug-likeness (QED) is 0.412. The van der Waals surface area contributed by atoms with Gasteiger partial charge in [0, 0.05) is 0 Å². The number of rotatable bonds is 5. The SMILES string of the molecule is C=CCCCCC1=CCCC1. The molecule has 1 aliphatic carbocycles. The normalized spacial score (nSPS) is 16.5. The van der Waals surface area contributed by atoms with Crippen molar-refractivity contribution < 1.29 is 0 Å². The first kappa shape index (κ1) is 8.58.